The maximum absolute atomic E-state index is 12.3. The SMILES string of the molecule is Nc1ccc2nc(Cn3ccc4sccc4c3=O)oc2c1. The number of rotatable bonds is 2. The van der Waals surface area contributed by atoms with Crippen molar-refractivity contribution in [2.75, 3.05) is 5.73 Å². The van der Waals surface area contributed by atoms with Gasteiger partial charge in [0.25, 0.3) is 5.56 Å². The molecule has 0 aliphatic rings. The van der Waals surface area contributed by atoms with Gasteiger partial charge in [0.05, 0.1) is 5.39 Å². The molecule has 0 atom stereocenters. The second kappa shape index (κ2) is 4.46. The molecule has 1 aromatic carbocycles. The highest BCUT2D eigenvalue weighted by molar-refractivity contribution is 7.17. The Kier molecular flexibility index (Phi) is 2.58. The number of pyridine rings is 1. The van der Waals surface area contributed by atoms with E-state index in [0.717, 1.165) is 15.6 Å². The smallest absolute Gasteiger partial charge is 0.259 e. The van der Waals surface area contributed by atoms with Gasteiger partial charge in [-0.3, -0.25) is 4.79 Å². The Labute approximate surface area is 123 Å². The van der Waals surface area contributed by atoms with E-state index in [4.69, 9.17) is 10.2 Å². The summed E-state index contributed by atoms with van der Waals surface area (Å²) in [6, 6.07) is 9.09. The van der Waals surface area contributed by atoms with Crippen molar-refractivity contribution in [1.82, 2.24) is 9.55 Å². The topological polar surface area (TPSA) is 74.0 Å². The fourth-order valence-corrected chi connectivity index (χ4v) is 3.11. The highest BCUT2D eigenvalue weighted by Gasteiger charge is 2.09. The maximum Gasteiger partial charge on any atom is 0.259 e. The molecular formula is C15H11N3O2S. The number of fused-ring (bicyclic) bond motifs is 2. The molecule has 0 saturated carbocycles. The number of hydrogen-bond acceptors (Lipinski definition) is 5. The van der Waals surface area contributed by atoms with Gasteiger partial charge < -0.3 is 14.7 Å². The summed E-state index contributed by atoms with van der Waals surface area (Å²) in [5, 5.41) is 2.64. The molecular weight excluding hydrogens is 286 g/mol. The van der Waals surface area contributed by atoms with E-state index in [-0.39, 0.29) is 5.56 Å². The van der Waals surface area contributed by atoms with Crippen LogP contribution in [-0.4, -0.2) is 9.55 Å². The van der Waals surface area contributed by atoms with Gasteiger partial charge >= 0.3 is 0 Å². The molecule has 3 aromatic heterocycles. The van der Waals surface area contributed by atoms with Crippen molar-refractivity contribution in [3.8, 4) is 0 Å². The van der Waals surface area contributed by atoms with E-state index in [1.54, 1.807) is 34.2 Å². The van der Waals surface area contributed by atoms with E-state index in [1.807, 2.05) is 23.6 Å². The Bertz CT molecular complexity index is 1010. The zero-order valence-electron chi connectivity index (χ0n) is 10.9. The molecule has 0 radical (unpaired) electrons. The number of anilines is 1. The van der Waals surface area contributed by atoms with Crippen LogP contribution in [0.15, 0.2) is 51.1 Å². The van der Waals surface area contributed by atoms with E-state index in [2.05, 4.69) is 4.98 Å². The molecule has 0 aliphatic carbocycles. The lowest BCUT2D eigenvalue weighted by atomic mass is 10.3. The fourth-order valence-electron chi connectivity index (χ4n) is 2.33. The van der Waals surface area contributed by atoms with Gasteiger partial charge in [-0.05, 0) is 29.6 Å². The van der Waals surface area contributed by atoms with Gasteiger partial charge in [0.15, 0.2) is 5.58 Å². The summed E-state index contributed by atoms with van der Waals surface area (Å²) < 4.78 is 8.24. The third-order valence-electron chi connectivity index (χ3n) is 3.35. The van der Waals surface area contributed by atoms with Crippen molar-refractivity contribution in [1.29, 1.82) is 0 Å². The molecule has 0 aliphatic heterocycles. The predicted molar refractivity (Wildman–Crippen MR) is 83.6 cm³/mol. The summed E-state index contributed by atoms with van der Waals surface area (Å²) >= 11 is 1.56. The Hall–Kier alpha value is -2.60. The van der Waals surface area contributed by atoms with Gasteiger partial charge in [0.2, 0.25) is 5.89 Å². The van der Waals surface area contributed by atoms with Crippen LogP contribution >= 0.6 is 11.3 Å². The molecule has 104 valence electrons. The Morgan fingerprint density at radius 2 is 2.19 bits per heavy atom. The monoisotopic (exact) mass is 297 g/mol. The normalized spacial score (nSPS) is 11.4. The van der Waals surface area contributed by atoms with Gasteiger partial charge in [-0.25, -0.2) is 4.98 Å². The van der Waals surface area contributed by atoms with E-state index in [9.17, 15) is 4.79 Å². The fraction of sp³-hybridized carbons (Fsp3) is 0.0667. The first-order valence-electron chi connectivity index (χ1n) is 6.42. The lowest BCUT2D eigenvalue weighted by Gasteiger charge is -2.01. The third kappa shape index (κ3) is 2.00. The van der Waals surface area contributed by atoms with Crippen LogP contribution in [0.25, 0.3) is 21.2 Å². The molecule has 2 N–H and O–H groups in total. The molecule has 0 unspecified atom stereocenters. The van der Waals surface area contributed by atoms with E-state index in [0.29, 0.717) is 23.7 Å². The lowest BCUT2D eigenvalue weighted by molar-refractivity contribution is 0.505. The molecule has 5 nitrogen and oxygen atoms in total. The number of oxazole rings is 1. The van der Waals surface area contributed by atoms with Gasteiger partial charge in [-0.1, -0.05) is 0 Å². The first kappa shape index (κ1) is 12.2. The van der Waals surface area contributed by atoms with Crippen molar-refractivity contribution >= 4 is 38.2 Å². The van der Waals surface area contributed by atoms with Gasteiger partial charge in [-0.15, -0.1) is 11.3 Å². The largest absolute Gasteiger partial charge is 0.439 e. The quantitative estimate of drug-likeness (QED) is 0.577. The van der Waals surface area contributed by atoms with E-state index in [1.165, 1.54) is 0 Å². The number of benzene rings is 1. The molecule has 0 spiro atoms. The van der Waals surface area contributed by atoms with Crippen LogP contribution in [0, 0.1) is 0 Å². The second-order valence-electron chi connectivity index (χ2n) is 4.78. The van der Waals surface area contributed by atoms with Gasteiger partial charge in [0, 0.05) is 22.7 Å². The first-order chi connectivity index (χ1) is 10.2. The standard InChI is InChI=1S/C15H11N3O2S/c16-9-1-2-11-12(7-9)20-14(17-11)8-18-5-3-13-10(15(18)19)4-6-21-13/h1-7H,8,16H2. The predicted octanol–water partition coefficient (Wildman–Crippen LogP) is 2.83. The van der Waals surface area contributed by atoms with Crippen LogP contribution in [0.1, 0.15) is 5.89 Å². The Morgan fingerprint density at radius 1 is 1.29 bits per heavy atom. The van der Waals surface area contributed by atoms with Crippen LogP contribution in [0.2, 0.25) is 0 Å². The minimum Gasteiger partial charge on any atom is -0.439 e. The minimum absolute atomic E-state index is 0.0319. The summed E-state index contributed by atoms with van der Waals surface area (Å²) in [6.45, 7) is 0.305. The number of nitrogen functional groups attached to an aromatic ring is 1. The van der Waals surface area contributed by atoms with Crippen molar-refractivity contribution in [3.05, 3.63) is 58.2 Å². The molecule has 0 fully saturated rings. The molecule has 3 heterocycles. The molecule has 4 aromatic rings. The highest BCUT2D eigenvalue weighted by Crippen LogP contribution is 2.20. The van der Waals surface area contributed by atoms with Crippen molar-refractivity contribution in [2.24, 2.45) is 0 Å². The molecule has 6 heteroatoms. The second-order valence-corrected chi connectivity index (χ2v) is 5.73. The number of thiophene rings is 1. The van der Waals surface area contributed by atoms with Gasteiger partial charge in [-0.2, -0.15) is 0 Å². The van der Waals surface area contributed by atoms with Crippen molar-refractivity contribution in [3.63, 3.8) is 0 Å². The summed E-state index contributed by atoms with van der Waals surface area (Å²) in [4.78, 5) is 16.7. The van der Waals surface area contributed by atoms with Crippen LogP contribution in [0.3, 0.4) is 0 Å². The molecule has 4 rings (SSSR count). The van der Waals surface area contributed by atoms with Crippen LogP contribution < -0.4 is 11.3 Å². The molecule has 21 heavy (non-hydrogen) atoms. The number of nitrogens with two attached hydrogens (primary N) is 1. The van der Waals surface area contributed by atoms with E-state index >= 15 is 0 Å². The lowest BCUT2D eigenvalue weighted by Crippen LogP contribution is -2.19. The van der Waals surface area contributed by atoms with Crippen LogP contribution in [-0.2, 0) is 6.54 Å². The third-order valence-corrected chi connectivity index (χ3v) is 4.24. The molecule has 0 saturated heterocycles. The summed E-state index contributed by atoms with van der Waals surface area (Å²) in [5.74, 6) is 0.493. The highest BCUT2D eigenvalue weighted by atomic mass is 32.1. The van der Waals surface area contributed by atoms with E-state index < -0.39 is 0 Å². The minimum atomic E-state index is -0.0319. The average Bonchev–Trinajstić information content (AvgIpc) is 3.07. The summed E-state index contributed by atoms with van der Waals surface area (Å²) in [6.07, 6.45) is 1.77. The number of nitrogens with zero attached hydrogens (tertiary/aromatic N) is 2. The zero-order chi connectivity index (χ0) is 14.4. The zero-order valence-corrected chi connectivity index (χ0v) is 11.8. The molecule has 0 bridgehead atoms. The average molecular weight is 297 g/mol. The number of aromatic nitrogens is 2. The summed E-state index contributed by atoms with van der Waals surface area (Å²) in [5.41, 5.74) is 7.69. The van der Waals surface area contributed by atoms with Crippen molar-refractivity contribution < 1.29 is 4.42 Å². The Balaban J connectivity index is 1.78. The number of hydrogen-bond donors (Lipinski definition) is 1. The van der Waals surface area contributed by atoms with Gasteiger partial charge in [0.1, 0.15) is 12.1 Å². The van der Waals surface area contributed by atoms with Crippen LogP contribution in [0.5, 0.6) is 0 Å². The summed E-state index contributed by atoms with van der Waals surface area (Å²) in [7, 11) is 0. The molecule has 0 amide bonds. The first-order valence-corrected chi connectivity index (χ1v) is 7.30. The van der Waals surface area contributed by atoms with Crippen molar-refractivity contribution in [2.45, 2.75) is 6.54 Å². The van der Waals surface area contributed by atoms with Crippen LogP contribution in [0.4, 0.5) is 5.69 Å². The maximum atomic E-state index is 12.3. The Morgan fingerprint density at radius 3 is 3.10 bits per heavy atom.